The lowest BCUT2D eigenvalue weighted by Crippen LogP contribution is -2.31. The maximum Gasteiger partial charge on any atom is 0.155 e. The van der Waals surface area contributed by atoms with Gasteiger partial charge in [-0.15, -0.1) is 11.3 Å². The Balaban J connectivity index is 1.84. The predicted molar refractivity (Wildman–Crippen MR) is 73.9 cm³/mol. The van der Waals surface area contributed by atoms with E-state index in [9.17, 15) is 13.5 Å². The molecule has 2 unspecified atom stereocenters. The maximum atomic E-state index is 11.4. The predicted octanol–water partition coefficient (Wildman–Crippen LogP) is 1.47. The van der Waals surface area contributed by atoms with E-state index in [1.807, 2.05) is 29.6 Å². The molecule has 3 rings (SSSR count). The first-order valence-corrected chi connectivity index (χ1v) is 8.36. The summed E-state index contributed by atoms with van der Waals surface area (Å²) in [5, 5.41) is 16.0. The molecule has 96 valence electrons. The summed E-state index contributed by atoms with van der Waals surface area (Å²) < 4.78 is 24.0. The van der Waals surface area contributed by atoms with Crippen LogP contribution in [0.1, 0.15) is 0 Å². The molecule has 2 atom stereocenters. The van der Waals surface area contributed by atoms with Crippen LogP contribution in [0.3, 0.4) is 0 Å². The van der Waals surface area contributed by atoms with Crippen molar-refractivity contribution in [1.29, 1.82) is 0 Å². The molecule has 1 aromatic heterocycles. The number of hydrogen-bond donors (Lipinski definition) is 2. The number of anilines is 1. The van der Waals surface area contributed by atoms with Gasteiger partial charge in [0.1, 0.15) is 0 Å². The lowest BCUT2D eigenvalue weighted by atomic mass is 10.2. The third-order valence-electron chi connectivity index (χ3n) is 3.13. The van der Waals surface area contributed by atoms with Crippen LogP contribution in [-0.2, 0) is 9.84 Å². The Hall–Kier alpha value is -1.11. The van der Waals surface area contributed by atoms with Crippen molar-refractivity contribution in [3.05, 3.63) is 29.6 Å². The van der Waals surface area contributed by atoms with Gasteiger partial charge in [-0.25, -0.2) is 8.42 Å². The second-order valence-corrected chi connectivity index (χ2v) is 7.67. The standard InChI is InChI=1S/C12H13NO3S2/c14-11-7-18(15,16)6-10(11)13-9-1-2-12-8(5-9)3-4-17-12/h1-5,10-11,13-14H,6-7H2. The van der Waals surface area contributed by atoms with Crippen molar-refractivity contribution in [2.24, 2.45) is 0 Å². The Labute approximate surface area is 109 Å². The van der Waals surface area contributed by atoms with Gasteiger partial charge in [-0.3, -0.25) is 0 Å². The molecule has 2 heterocycles. The highest BCUT2D eigenvalue weighted by Gasteiger charge is 2.36. The molecule has 2 aromatic rings. The van der Waals surface area contributed by atoms with E-state index in [-0.39, 0.29) is 11.5 Å². The number of benzene rings is 1. The van der Waals surface area contributed by atoms with Crippen LogP contribution < -0.4 is 5.32 Å². The van der Waals surface area contributed by atoms with E-state index in [4.69, 9.17) is 0 Å². The lowest BCUT2D eigenvalue weighted by Gasteiger charge is -2.16. The number of hydrogen-bond acceptors (Lipinski definition) is 5. The van der Waals surface area contributed by atoms with Gasteiger partial charge in [0.15, 0.2) is 9.84 Å². The summed E-state index contributed by atoms with van der Waals surface area (Å²) >= 11 is 1.67. The Bertz CT molecular complexity index is 677. The van der Waals surface area contributed by atoms with Crippen LogP contribution in [0.2, 0.25) is 0 Å². The molecular weight excluding hydrogens is 270 g/mol. The second kappa shape index (κ2) is 4.22. The van der Waals surface area contributed by atoms with Crippen molar-refractivity contribution in [2.45, 2.75) is 12.1 Å². The summed E-state index contributed by atoms with van der Waals surface area (Å²) in [6, 6.07) is 7.50. The number of aliphatic hydroxyl groups is 1. The SMILES string of the molecule is O=S1(=O)CC(O)C(Nc2ccc3sccc3c2)C1. The molecular formula is C12H13NO3S2. The molecule has 18 heavy (non-hydrogen) atoms. The highest BCUT2D eigenvalue weighted by Crippen LogP contribution is 2.25. The third kappa shape index (κ3) is 2.23. The van der Waals surface area contributed by atoms with Crippen molar-refractivity contribution in [3.8, 4) is 0 Å². The van der Waals surface area contributed by atoms with E-state index in [2.05, 4.69) is 5.32 Å². The maximum absolute atomic E-state index is 11.4. The van der Waals surface area contributed by atoms with E-state index < -0.39 is 22.0 Å². The van der Waals surface area contributed by atoms with E-state index >= 15 is 0 Å². The molecule has 0 bridgehead atoms. The molecule has 0 radical (unpaired) electrons. The highest BCUT2D eigenvalue weighted by atomic mass is 32.2. The summed E-state index contributed by atoms with van der Waals surface area (Å²) in [6.07, 6.45) is -0.826. The van der Waals surface area contributed by atoms with Gasteiger partial charge < -0.3 is 10.4 Å². The Kier molecular flexibility index (Phi) is 2.80. The minimum Gasteiger partial charge on any atom is -0.390 e. The van der Waals surface area contributed by atoms with E-state index in [1.165, 1.54) is 4.70 Å². The molecule has 1 aliphatic heterocycles. The quantitative estimate of drug-likeness (QED) is 0.876. The molecule has 1 fully saturated rings. The molecule has 4 nitrogen and oxygen atoms in total. The molecule has 0 aliphatic carbocycles. The zero-order valence-corrected chi connectivity index (χ0v) is 11.2. The summed E-state index contributed by atoms with van der Waals surface area (Å²) in [6.45, 7) is 0. The van der Waals surface area contributed by atoms with Gasteiger partial charge in [0.25, 0.3) is 0 Å². The fourth-order valence-electron chi connectivity index (χ4n) is 2.24. The Morgan fingerprint density at radius 3 is 2.83 bits per heavy atom. The van der Waals surface area contributed by atoms with Crippen molar-refractivity contribution < 1.29 is 13.5 Å². The molecule has 0 spiro atoms. The number of aliphatic hydroxyl groups excluding tert-OH is 1. The normalized spacial score (nSPS) is 26.5. The van der Waals surface area contributed by atoms with Crippen molar-refractivity contribution >= 4 is 36.9 Å². The van der Waals surface area contributed by atoms with Crippen LogP contribution in [0.25, 0.3) is 10.1 Å². The van der Waals surface area contributed by atoms with Crippen LogP contribution >= 0.6 is 11.3 Å². The molecule has 1 aliphatic rings. The molecule has 0 amide bonds. The average molecular weight is 283 g/mol. The van der Waals surface area contributed by atoms with Crippen LogP contribution in [0.15, 0.2) is 29.6 Å². The van der Waals surface area contributed by atoms with Gasteiger partial charge >= 0.3 is 0 Å². The molecule has 1 aromatic carbocycles. The minimum absolute atomic E-state index is 0.00413. The second-order valence-electron chi connectivity index (χ2n) is 4.57. The van der Waals surface area contributed by atoms with Crippen LogP contribution in [0, 0.1) is 0 Å². The van der Waals surface area contributed by atoms with Crippen LogP contribution in [-0.4, -0.2) is 37.2 Å². The van der Waals surface area contributed by atoms with Crippen molar-refractivity contribution in [3.63, 3.8) is 0 Å². The Morgan fingerprint density at radius 1 is 1.28 bits per heavy atom. The summed E-state index contributed by atoms with van der Waals surface area (Å²) in [5.41, 5.74) is 0.849. The lowest BCUT2D eigenvalue weighted by molar-refractivity contribution is 0.190. The smallest absolute Gasteiger partial charge is 0.155 e. The minimum atomic E-state index is -3.11. The zero-order chi connectivity index (χ0) is 12.8. The molecule has 1 saturated heterocycles. The van der Waals surface area contributed by atoms with Crippen LogP contribution in [0.5, 0.6) is 0 Å². The van der Waals surface area contributed by atoms with E-state index in [1.54, 1.807) is 11.3 Å². The largest absolute Gasteiger partial charge is 0.390 e. The molecule has 6 heteroatoms. The van der Waals surface area contributed by atoms with Gasteiger partial charge in [-0.05, 0) is 35.0 Å². The fraction of sp³-hybridized carbons (Fsp3) is 0.333. The van der Waals surface area contributed by atoms with Crippen LogP contribution in [0.4, 0.5) is 5.69 Å². The number of fused-ring (bicyclic) bond motifs is 1. The number of sulfone groups is 1. The summed E-state index contributed by atoms with van der Waals surface area (Å²) in [4.78, 5) is 0. The monoisotopic (exact) mass is 283 g/mol. The Morgan fingerprint density at radius 2 is 2.11 bits per heavy atom. The number of thiophene rings is 1. The van der Waals surface area contributed by atoms with Crippen molar-refractivity contribution in [2.75, 3.05) is 16.8 Å². The van der Waals surface area contributed by atoms with Gasteiger partial charge in [-0.2, -0.15) is 0 Å². The van der Waals surface area contributed by atoms with E-state index in [0.717, 1.165) is 11.1 Å². The zero-order valence-electron chi connectivity index (χ0n) is 9.54. The number of nitrogens with one attached hydrogen (secondary N) is 1. The fourth-order valence-corrected chi connectivity index (χ4v) is 4.75. The van der Waals surface area contributed by atoms with E-state index in [0.29, 0.717) is 0 Å². The number of rotatable bonds is 2. The first-order valence-electron chi connectivity index (χ1n) is 5.66. The van der Waals surface area contributed by atoms with Gasteiger partial charge in [0, 0.05) is 10.4 Å². The van der Waals surface area contributed by atoms with Gasteiger partial charge in [0.05, 0.1) is 23.7 Å². The molecule has 2 N–H and O–H groups in total. The average Bonchev–Trinajstić information content (AvgIpc) is 2.83. The van der Waals surface area contributed by atoms with Gasteiger partial charge in [-0.1, -0.05) is 0 Å². The summed E-state index contributed by atoms with van der Waals surface area (Å²) in [5.74, 6) is -0.152. The molecule has 0 saturated carbocycles. The topological polar surface area (TPSA) is 66.4 Å². The first-order chi connectivity index (χ1) is 8.53. The summed E-state index contributed by atoms with van der Waals surface area (Å²) in [7, 11) is -3.11. The highest BCUT2D eigenvalue weighted by molar-refractivity contribution is 7.91. The van der Waals surface area contributed by atoms with Crippen molar-refractivity contribution in [1.82, 2.24) is 0 Å². The van der Waals surface area contributed by atoms with Gasteiger partial charge in [0.2, 0.25) is 0 Å². The first kappa shape index (κ1) is 12.0. The third-order valence-corrected chi connectivity index (χ3v) is 5.74.